The van der Waals surface area contributed by atoms with E-state index in [-0.39, 0.29) is 10.6 Å². The van der Waals surface area contributed by atoms with Crippen molar-refractivity contribution in [3.63, 3.8) is 0 Å². The zero-order valence-electron chi connectivity index (χ0n) is 10.6. The Kier molecular flexibility index (Phi) is 6.72. The lowest BCUT2D eigenvalue weighted by atomic mass is 10.1. The Labute approximate surface area is 116 Å². The quantitative estimate of drug-likeness (QED) is 0.428. The van der Waals surface area contributed by atoms with Crippen molar-refractivity contribution in [2.75, 3.05) is 11.9 Å². The first-order valence-electron chi connectivity index (χ1n) is 6.33. The molecule has 100 valence electrons. The highest BCUT2D eigenvalue weighted by Crippen LogP contribution is 2.27. The zero-order chi connectivity index (χ0) is 13.4. The van der Waals surface area contributed by atoms with Gasteiger partial charge in [0.1, 0.15) is 5.69 Å². The van der Waals surface area contributed by atoms with Gasteiger partial charge in [0.25, 0.3) is 5.69 Å². The molecule has 0 saturated heterocycles. The number of halogens is 1. The van der Waals surface area contributed by atoms with E-state index >= 15 is 0 Å². The van der Waals surface area contributed by atoms with Gasteiger partial charge in [0.15, 0.2) is 0 Å². The van der Waals surface area contributed by atoms with E-state index in [0.717, 1.165) is 17.4 Å². The predicted molar refractivity (Wildman–Crippen MR) is 78.0 cm³/mol. The van der Waals surface area contributed by atoms with Gasteiger partial charge in [0.2, 0.25) is 0 Å². The van der Waals surface area contributed by atoms with Gasteiger partial charge in [-0.25, -0.2) is 0 Å². The minimum atomic E-state index is -0.357. The molecular weight excluding hydrogens is 296 g/mol. The van der Waals surface area contributed by atoms with E-state index in [9.17, 15) is 10.1 Å². The van der Waals surface area contributed by atoms with Gasteiger partial charge in [0, 0.05) is 17.1 Å². The normalized spacial score (nSPS) is 10.3. The molecule has 1 N–H and O–H groups in total. The summed E-state index contributed by atoms with van der Waals surface area (Å²) in [4.78, 5) is 10.5. The van der Waals surface area contributed by atoms with Crippen LogP contribution in [-0.2, 0) is 0 Å². The third-order valence-corrected chi connectivity index (χ3v) is 3.25. The van der Waals surface area contributed by atoms with E-state index in [0.29, 0.717) is 5.69 Å². The fourth-order valence-corrected chi connectivity index (χ4v) is 2.11. The van der Waals surface area contributed by atoms with Crippen LogP contribution in [0.1, 0.15) is 39.0 Å². The second-order valence-electron chi connectivity index (χ2n) is 4.26. The van der Waals surface area contributed by atoms with Gasteiger partial charge in [-0.05, 0) is 18.6 Å². The predicted octanol–water partition coefficient (Wildman–Crippen LogP) is 4.74. The average molecular weight is 315 g/mol. The van der Waals surface area contributed by atoms with E-state index in [1.807, 2.05) is 6.07 Å². The van der Waals surface area contributed by atoms with Gasteiger partial charge in [0.05, 0.1) is 4.92 Å². The second kappa shape index (κ2) is 8.08. The molecule has 0 saturated carbocycles. The highest BCUT2D eigenvalue weighted by Gasteiger charge is 2.13. The van der Waals surface area contributed by atoms with Crippen LogP contribution in [0, 0.1) is 10.1 Å². The first kappa shape index (κ1) is 15.0. The minimum Gasteiger partial charge on any atom is -0.379 e. The maximum atomic E-state index is 10.9. The van der Waals surface area contributed by atoms with Crippen molar-refractivity contribution in [1.82, 2.24) is 0 Å². The molecule has 0 radical (unpaired) electrons. The van der Waals surface area contributed by atoms with Crippen LogP contribution in [0.5, 0.6) is 0 Å². The molecule has 0 bridgehead atoms. The van der Waals surface area contributed by atoms with E-state index in [1.54, 1.807) is 6.07 Å². The van der Waals surface area contributed by atoms with Crippen LogP contribution in [0.3, 0.4) is 0 Å². The highest BCUT2D eigenvalue weighted by molar-refractivity contribution is 9.10. The lowest BCUT2D eigenvalue weighted by Gasteiger charge is -2.07. The molecule has 0 atom stereocenters. The Hall–Kier alpha value is -1.10. The first-order valence-corrected chi connectivity index (χ1v) is 7.12. The average Bonchev–Trinajstić information content (AvgIpc) is 2.35. The zero-order valence-corrected chi connectivity index (χ0v) is 12.2. The fraction of sp³-hybridized carbons (Fsp3) is 0.538. The Morgan fingerprint density at radius 2 is 2.00 bits per heavy atom. The number of rotatable bonds is 8. The Morgan fingerprint density at radius 1 is 1.28 bits per heavy atom. The molecule has 0 aliphatic carbocycles. The van der Waals surface area contributed by atoms with Crippen molar-refractivity contribution in [2.45, 2.75) is 39.0 Å². The van der Waals surface area contributed by atoms with E-state index in [4.69, 9.17) is 0 Å². The summed E-state index contributed by atoms with van der Waals surface area (Å²) >= 11 is 3.24. The molecule has 0 fully saturated rings. The molecule has 1 aromatic rings. The van der Waals surface area contributed by atoms with Gasteiger partial charge in [-0.1, -0.05) is 48.5 Å². The van der Waals surface area contributed by atoms with Crippen molar-refractivity contribution in [3.8, 4) is 0 Å². The molecule has 0 aromatic heterocycles. The molecule has 0 amide bonds. The van der Waals surface area contributed by atoms with Crippen LogP contribution in [0.25, 0.3) is 0 Å². The van der Waals surface area contributed by atoms with Crippen molar-refractivity contribution in [2.24, 2.45) is 0 Å². The van der Waals surface area contributed by atoms with Crippen LogP contribution in [0.15, 0.2) is 22.7 Å². The highest BCUT2D eigenvalue weighted by atomic mass is 79.9. The van der Waals surface area contributed by atoms with Crippen LogP contribution in [-0.4, -0.2) is 11.5 Å². The monoisotopic (exact) mass is 314 g/mol. The summed E-state index contributed by atoms with van der Waals surface area (Å²) < 4.78 is 0.725. The summed E-state index contributed by atoms with van der Waals surface area (Å²) in [6.45, 7) is 2.97. The SMILES string of the molecule is CCCCCCCNc1ccc(Br)cc1[N+](=O)[O-]. The molecule has 0 spiro atoms. The number of nitrogens with zero attached hydrogens (tertiary/aromatic N) is 1. The van der Waals surface area contributed by atoms with Gasteiger partial charge >= 0.3 is 0 Å². The van der Waals surface area contributed by atoms with Crippen molar-refractivity contribution in [1.29, 1.82) is 0 Å². The summed E-state index contributed by atoms with van der Waals surface area (Å²) in [6.07, 6.45) is 5.95. The van der Waals surface area contributed by atoms with Gasteiger partial charge in [-0.3, -0.25) is 10.1 Å². The molecular formula is C13H19BrN2O2. The van der Waals surface area contributed by atoms with E-state index in [1.165, 1.54) is 31.7 Å². The van der Waals surface area contributed by atoms with Crippen LogP contribution in [0.4, 0.5) is 11.4 Å². The third kappa shape index (κ3) is 5.04. The third-order valence-electron chi connectivity index (χ3n) is 2.75. The van der Waals surface area contributed by atoms with E-state index < -0.39 is 0 Å². The lowest BCUT2D eigenvalue weighted by molar-refractivity contribution is -0.384. The van der Waals surface area contributed by atoms with Crippen LogP contribution >= 0.6 is 15.9 Å². The molecule has 4 nitrogen and oxygen atoms in total. The van der Waals surface area contributed by atoms with Crippen LogP contribution in [0.2, 0.25) is 0 Å². The summed E-state index contributed by atoms with van der Waals surface area (Å²) in [5.41, 5.74) is 0.719. The Bertz CT molecular complexity index is 397. The molecule has 0 aliphatic heterocycles. The van der Waals surface area contributed by atoms with Gasteiger partial charge in [-0.2, -0.15) is 0 Å². The largest absolute Gasteiger partial charge is 0.379 e. The second-order valence-corrected chi connectivity index (χ2v) is 5.18. The number of hydrogen-bond acceptors (Lipinski definition) is 3. The number of anilines is 1. The van der Waals surface area contributed by atoms with Crippen molar-refractivity contribution < 1.29 is 4.92 Å². The smallest absolute Gasteiger partial charge is 0.293 e. The molecule has 1 aromatic carbocycles. The molecule has 0 aliphatic rings. The standard InChI is InChI=1S/C13H19BrN2O2/c1-2-3-4-5-6-9-15-12-8-7-11(14)10-13(12)16(17)18/h7-8,10,15H,2-6,9H2,1H3. The number of nitrogens with one attached hydrogen (secondary N) is 1. The van der Waals surface area contributed by atoms with Gasteiger partial charge < -0.3 is 5.32 Å². The number of nitro groups is 1. The molecule has 0 unspecified atom stereocenters. The van der Waals surface area contributed by atoms with Crippen LogP contribution < -0.4 is 5.32 Å². The maximum Gasteiger partial charge on any atom is 0.293 e. The summed E-state index contributed by atoms with van der Waals surface area (Å²) in [5, 5.41) is 14.0. The lowest BCUT2D eigenvalue weighted by Crippen LogP contribution is -2.04. The number of unbranched alkanes of at least 4 members (excludes halogenated alkanes) is 4. The summed E-state index contributed by atoms with van der Waals surface area (Å²) in [7, 11) is 0. The van der Waals surface area contributed by atoms with Crippen molar-refractivity contribution in [3.05, 3.63) is 32.8 Å². The molecule has 1 rings (SSSR count). The Balaban J connectivity index is 2.44. The maximum absolute atomic E-state index is 10.9. The first-order chi connectivity index (χ1) is 8.65. The molecule has 5 heteroatoms. The Morgan fingerprint density at radius 3 is 2.67 bits per heavy atom. The number of nitro benzene ring substituents is 1. The van der Waals surface area contributed by atoms with Gasteiger partial charge in [-0.15, -0.1) is 0 Å². The number of benzene rings is 1. The van der Waals surface area contributed by atoms with E-state index in [2.05, 4.69) is 28.2 Å². The summed E-state index contributed by atoms with van der Waals surface area (Å²) in [6, 6.07) is 5.08. The topological polar surface area (TPSA) is 55.2 Å². The molecule has 0 heterocycles. The minimum absolute atomic E-state index is 0.123. The molecule has 18 heavy (non-hydrogen) atoms. The fourth-order valence-electron chi connectivity index (χ4n) is 1.76. The number of hydrogen-bond donors (Lipinski definition) is 1. The van der Waals surface area contributed by atoms with Crippen molar-refractivity contribution >= 4 is 27.3 Å². The summed E-state index contributed by atoms with van der Waals surface area (Å²) in [5.74, 6) is 0.